The van der Waals surface area contributed by atoms with Crippen LogP contribution in [-0.2, 0) is 0 Å². The molecule has 1 unspecified atom stereocenters. The van der Waals surface area contributed by atoms with Crippen LogP contribution in [-0.4, -0.2) is 44.7 Å². The Bertz CT molecular complexity index is 327. The monoisotopic (exact) mass is 228 g/mol. The van der Waals surface area contributed by atoms with Crippen molar-refractivity contribution in [3.63, 3.8) is 0 Å². The molecule has 15 heavy (non-hydrogen) atoms. The smallest absolute Gasteiger partial charge is 0.276 e. The van der Waals surface area contributed by atoms with E-state index in [1.54, 1.807) is 4.90 Å². The topological polar surface area (TPSA) is 61.9 Å². The molecule has 0 bridgehead atoms. The van der Waals surface area contributed by atoms with Crippen molar-refractivity contribution in [3.05, 3.63) is 11.9 Å². The highest BCUT2D eigenvalue weighted by molar-refractivity contribution is 6.18. The molecule has 1 atom stereocenters. The molecule has 2 rings (SSSR count). The third kappa shape index (κ3) is 2.12. The molecule has 1 amide bonds. The summed E-state index contributed by atoms with van der Waals surface area (Å²) in [5.41, 5.74) is 0.368. The standard InChI is InChI=1S/C9H13ClN4O/c10-5-7-3-1-2-4-14(7)9(15)8-6-11-13-12-8/h6-7H,1-5H2,(H,11,12,13). The maximum atomic E-state index is 12.0. The number of H-pyrrole nitrogens is 1. The fraction of sp³-hybridized carbons (Fsp3) is 0.667. The van der Waals surface area contributed by atoms with Crippen LogP contribution < -0.4 is 0 Å². The van der Waals surface area contributed by atoms with Gasteiger partial charge in [0, 0.05) is 18.5 Å². The molecule has 1 fully saturated rings. The molecule has 1 aliphatic rings. The number of carbonyl (C=O) groups excluding carboxylic acids is 1. The SMILES string of the molecule is O=C(c1cn[nH]n1)N1CCCCC1CCl. The zero-order valence-electron chi connectivity index (χ0n) is 8.32. The summed E-state index contributed by atoms with van der Waals surface area (Å²) in [7, 11) is 0. The van der Waals surface area contributed by atoms with E-state index in [1.807, 2.05) is 0 Å². The van der Waals surface area contributed by atoms with Crippen molar-refractivity contribution in [1.82, 2.24) is 20.3 Å². The number of likely N-dealkylation sites (tertiary alicyclic amines) is 1. The number of rotatable bonds is 2. The molecule has 0 radical (unpaired) electrons. The Hall–Kier alpha value is -1.10. The molecule has 1 aromatic rings. The zero-order valence-corrected chi connectivity index (χ0v) is 9.07. The average molecular weight is 229 g/mol. The van der Waals surface area contributed by atoms with Gasteiger partial charge in [0.1, 0.15) is 0 Å². The Morgan fingerprint density at radius 3 is 3.20 bits per heavy atom. The van der Waals surface area contributed by atoms with E-state index in [4.69, 9.17) is 11.6 Å². The molecule has 1 N–H and O–H groups in total. The van der Waals surface area contributed by atoms with E-state index in [2.05, 4.69) is 15.4 Å². The molecule has 1 aliphatic heterocycles. The van der Waals surface area contributed by atoms with Crippen LogP contribution in [0.5, 0.6) is 0 Å². The van der Waals surface area contributed by atoms with E-state index in [9.17, 15) is 4.79 Å². The van der Waals surface area contributed by atoms with Gasteiger partial charge >= 0.3 is 0 Å². The molecule has 0 aliphatic carbocycles. The first-order chi connectivity index (χ1) is 7.33. The van der Waals surface area contributed by atoms with Gasteiger partial charge in [-0.15, -0.1) is 11.6 Å². The molecule has 0 aromatic carbocycles. The average Bonchev–Trinajstić information content (AvgIpc) is 2.81. The summed E-state index contributed by atoms with van der Waals surface area (Å²) >= 11 is 5.84. The number of amides is 1. The molecule has 82 valence electrons. The summed E-state index contributed by atoms with van der Waals surface area (Å²) < 4.78 is 0. The first kappa shape index (κ1) is 10.4. The number of piperidine rings is 1. The van der Waals surface area contributed by atoms with Crippen LogP contribution in [0.2, 0.25) is 0 Å². The second kappa shape index (κ2) is 4.61. The van der Waals surface area contributed by atoms with Gasteiger partial charge in [-0.1, -0.05) is 0 Å². The maximum Gasteiger partial charge on any atom is 0.276 e. The normalized spacial score (nSPS) is 21.7. The lowest BCUT2D eigenvalue weighted by Crippen LogP contribution is -2.44. The third-order valence-electron chi connectivity index (χ3n) is 2.70. The van der Waals surface area contributed by atoms with E-state index in [1.165, 1.54) is 6.20 Å². The van der Waals surface area contributed by atoms with Crippen LogP contribution in [0.4, 0.5) is 0 Å². The van der Waals surface area contributed by atoms with Gasteiger partial charge in [-0.3, -0.25) is 4.79 Å². The fourth-order valence-corrected chi connectivity index (χ4v) is 2.20. The van der Waals surface area contributed by atoms with E-state index in [-0.39, 0.29) is 11.9 Å². The van der Waals surface area contributed by atoms with Gasteiger partial charge < -0.3 is 4.90 Å². The summed E-state index contributed by atoms with van der Waals surface area (Å²) in [6.07, 6.45) is 4.60. The van der Waals surface area contributed by atoms with Crippen molar-refractivity contribution in [2.24, 2.45) is 0 Å². The van der Waals surface area contributed by atoms with Crippen LogP contribution in [0, 0.1) is 0 Å². The van der Waals surface area contributed by atoms with Gasteiger partial charge in [-0.2, -0.15) is 15.4 Å². The number of aromatic nitrogens is 3. The van der Waals surface area contributed by atoms with E-state index in [0.717, 1.165) is 25.8 Å². The molecule has 6 heteroatoms. The lowest BCUT2D eigenvalue weighted by molar-refractivity contribution is 0.0633. The predicted molar refractivity (Wildman–Crippen MR) is 55.8 cm³/mol. The molecule has 0 saturated carbocycles. The highest BCUT2D eigenvalue weighted by Gasteiger charge is 2.27. The van der Waals surface area contributed by atoms with Gasteiger partial charge in [0.15, 0.2) is 5.69 Å². The number of aromatic amines is 1. The number of alkyl halides is 1. The van der Waals surface area contributed by atoms with Crippen LogP contribution >= 0.6 is 11.6 Å². The third-order valence-corrected chi connectivity index (χ3v) is 3.06. The van der Waals surface area contributed by atoms with E-state index in [0.29, 0.717) is 11.6 Å². The number of carbonyl (C=O) groups is 1. The highest BCUT2D eigenvalue weighted by atomic mass is 35.5. The van der Waals surface area contributed by atoms with Crippen molar-refractivity contribution in [3.8, 4) is 0 Å². The molecule has 0 spiro atoms. The maximum absolute atomic E-state index is 12.0. The minimum Gasteiger partial charge on any atom is -0.333 e. The summed E-state index contributed by atoms with van der Waals surface area (Å²) in [5, 5.41) is 9.86. The van der Waals surface area contributed by atoms with Crippen molar-refractivity contribution in [2.45, 2.75) is 25.3 Å². The minimum absolute atomic E-state index is 0.0749. The van der Waals surface area contributed by atoms with Crippen LogP contribution in [0.3, 0.4) is 0 Å². The Morgan fingerprint density at radius 2 is 2.53 bits per heavy atom. The van der Waals surface area contributed by atoms with E-state index >= 15 is 0 Å². The van der Waals surface area contributed by atoms with Crippen LogP contribution in [0.25, 0.3) is 0 Å². The summed E-state index contributed by atoms with van der Waals surface area (Å²) in [6, 6.07) is 0.143. The van der Waals surface area contributed by atoms with Crippen molar-refractivity contribution in [2.75, 3.05) is 12.4 Å². The zero-order chi connectivity index (χ0) is 10.7. The molecule has 1 aromatic heterocycles. The van der Waals surface area contributed by atoms with Crippen molar-refractivity contribution < 1.29 is 4.79 Å². The van der Waals surface area contributed by atoms with Crippen LogP contribution in [0.15, 0.2) is 6.20 Å². The lowest BCUT2D eigenvalue weighted by atomic mass is 10.0. The number of hydrogen-bond donors (Lipinski definition) is 1. The largest absolute Gasteiger partial charge is 0.333 e. The predicted octanol–water partition coefficient (Wildman–Crippen LogP) is 1.04. The Labute approximate surface area is 92.8 Å². The summed E-state index contributed by atoms with van der Waals surface area (Å²) in [4.78, 5) is 13.8. The number of halogens is 1. The van der Waals surface area contributed by atoms with Gasteiger partial charge in [0.25, 0.3) is 5.91 Å². The van der Waals surface area contributed by atoms with Crippen molar-refractivity contribution in [1.29, 1.82) is 0 Å². The molecular formula is C9H13ClN4O. The molecular weight excluding hydrogens is 216 g/mol. The molecule has 5 nitrogen and oxygen atoms in total. The summed E-state index contributed by atoms with van der Waals surface area (Å²) in [5.74, 6) is 0.415. The Morgan fingerprint density at radius 1 is 1.67 bits per heavy atom. The van der Waals surface area contributed by atoms with Gasteiger partial charge in [-0.25, -0.2) is 0 Å². The quantitative estimate of drug-likeness (QED) is 0.770. The first-order valence-corrected chi connectivity index (χ1v) is 5.59. The number of nitrogens with zero attached hydrogens (tertiary/aromatic N) is 3. The van der Waals surface area contributed by atoms with Crippen LogP contribution in [0.1, 0.15) is 29.8 Å². The van der Waals surface area contributed by atoms with E-state index < -0.39 is 0 Å². The summed E-state index contributed by atoms with van der Waals surface area (Å²) in [6.45, 7) is 0.767. The Kier molecular flexibility index (Phi) is 3.20. The van der Waals surface area contributed by atoms with Gasteiger partial charge in [-0.05, 0) is 19.3 Å². The lowest BCUT2D eigenvalue weighted by Gasteiger charge is -2.33. The van der Waals surface area contributed by atoms with Gasteiger partial charge in [0.05, 0.1) is 6.20 Å². The molecule has 1 saturated heterocycles. The number of hydrogen-bond acceptors (Lipinski definition) is 3. The fourth-order valence-electron chi connectivity index (χ4n) is 1.88. The second-order valence-corrected chi connectivity index (χ2v) is 3.97. The number of nitrogens with one attached hydrogen (secondary N) is 1. The van der Waals surface area contributed by atoms with Gasteiger partial charge in [0.2, 0.25) is 0 Å². The highest BCUT2D eigenvalue weighted by Crippen LogP contribution is 2.19. The Balaban J connectivity index is 2.11. The van der Waals surface area contributed by atoms with Crippen molar-refractivity contribution >= 4 is 17.5 Å². The second-order valence-electron chi connectivity index (χ2n) is 3.66. The minimum atomic E-state index is -0.0749. The molecule has 2 heterocycles. The first-order valence-electron chi connectivity index (χ1n) is 5.05.